The standard InChI is InChI=1S/C22H21F3N2O4/c1-2-30-22(29)12-5-7-27(8-6-12)11-15-18(28)4-3-14-20(26-31-21(14)15)13-9-16(23)19(25)17(24)10-13/h3-4,9-10,12,28H,2,5-8,11H2,1H3. The Bertz CT molecular complexity index is 1100. The van der Waals surface area contributed by atoms with Gasteiger partial charge in [0.25, 0.3) is 0 Å². The monoisotopic (exact) mass is 434 g/mol. The highest BCUT2D eigenvalue weighted by Crippen LogP contribution is 2.36. The minimum Gasteiger partial charge on any atom is -0.507 e. The third-order valence-corrected chi connectivity index (χ3v) is 5.57. The summed E-state index contributed by atoms with van der Waals surface area (Å²) in [4.78, 5) is 14.0. The fraction of sp³-hybridized carbons (Fsp3) is 0.364. The molecular weight excluding hydrogens is 413 g/mol. The van der Waals surface area contributed by atoms with Crippen LogP contribution >= 0.6 is 0 Å². The number of hydrogen-bond acceptors (Lipinski definition) is 6. The molecular formula is C22H21F3N2O4. The highest BCUT2D eigenvalue weighted by molar-refractivity contribution is 5.94. The average molecular weight is 434 g/mol. The van der Waals surface area contributed by atoms with Crippen LogP contribution in [0.4, 0.5) is 13.2 Å². The highest BCUT2D eigenvalue weighted by atomic mass is 19.2. The lowest BCUT2D eigenvalue weighted by Gasteiger charge is -2.30. The van der Waals surface area contributed by atoms with E-state index in [-0.39, 0.29) is 34.5 Å². The number of benzene rings is 2. The smallest absolute Gasteiger partial charge is 0.309 e. The third-order valence-electron chi connectivity index (χ3n) is 5.57. The van der Waals surface area contributed by atoms with Crippen molar-refractivity contribution in [1.29, 1.82) is 0 Å². The lowest BCUT2D eigenvalue weighted by Crippen LogP contribution is -2.36. The van der Waals surface area contributed by atoms with Crippen molar-refractivity contribution in [2.24, 2.45) is 5.92 Å². The Kier molecular flexibility index (Phi) is 5.86. The van der Waals surface area contributed by atoms with Crippen LogP contribution in [0.2, 0.25) is 0 Å². The summed E-state index contributed by atoms with van der Waals surface area (Å²) in [6.45, 7) is 3.74. The molecule has 0 aliphatic carbocycles. The predicted octanol–water partition coefficient (Wildman–Crippen LogP) is 4.39. The molecule has 1 aliphatic heterocycles. The molecule has 31 heavy (non-hydrogen) atoms. The molecule has 0 bridgehead atoms. The van der Waals surface area contributed by atoms with Crippen molar-refractivity contribution in [1.82, 2.24) is 10.1 Å². The van der Waals surface area contributed by atoms with Crippen molar-refractivity contribution in [3.63, 3.8) is 0 Å². The van der Waals surface area contributed by atoms with Crippen molar-refractivity contribution >= 4 is 16.9 Å². The number of fused-ring (bicyclic) bond motifs is 1. The van der Waals surface area contributed by atoms with Crippen molar-refractivity contribution in [2.45, 2.75) is 26.3 Å². The molecule has 164 valence electrons. The number of carbonyl (C=O) groups is 1. The number of phenols is 1. The molecule has 0 atom stereocenters. The van der Waals surface area contributed by atoms with Gasteiger partial charge in [0.05, 0.1) is 23.5 Å². The molecule has 1 aromatic heterocycles. The first-order chi connectivity index (χ1) is 14.9. The Balaban J connectivity index is 1.59. The minimum absolute atomic E-state index is 0.000756. The lowest BCUT2D eigenvalue weighted by atomic mass is 9.96. The van der Waals surface area contributed by atoms with Gasteiger partial charge in [-0.3, -0.25) is 9.69 Å². The fourth-order valence-electron chi connectivity index (χ4n) is 3.91. The Labute approximate surface area is 176 Å². The second kappa shape index (κ2) is 8.58. The first-order valence-electron chi connectivity index (χ1n) is 10.0. The lowest BCUT2D eigenvalue weighted by molar-refractivity contribution is -0.149. The number of rotatable bonds is 5. The molecule has 1 aliphatic rings. The molecule has 6 nitrogen and oxygen atoms in total. The molecule has 1 N–H and O–H groups in total. The van der Waals surface area contributed by atoms with Gasteiger partial charge in [0, 0.05) is 12.1 Å². The van der Waals surface area contributed by atoms with E-state index in [1.165, 1.54) is 12.1 Å². The molecule has 1 saturated heterocycles. The molecule has 2 heterocycles. The van der Waals surface area contributed by atoms with Crippen LogP contribution in [0.15, 0.2) is 28.8 Å². The summed E-state index contributed by atoms with van der Waals surface area (Å²) < 4.78 is 51.1. The van der Waals surface area contributed by atoms with E-state index in [1.54, 1.807) is 6.92 Å². The molecule has 0 saturated carbocycles. The number of likely N-dealkylation sites (tertiary alicyclic amines) is 1. The Morgan fingerprint density at radius 1 is 1.23 bits per heavy atom. The Morgan fingerprint density at radius 2 is 1.90 bits per heavy atom. The average Bonchev–Trinajstić information content (AvgIpc) is 3.18. The second-order valence-corrected chi connectivity index (χ2v) is 7.53. The summed E-state index contributed by atoms with van der Waals surface area (Å²) in [7, 11) is 0. The van der Waals surface area contributed by atoms with E-state index in [9.17, 15) is 23.1 Å². The number of hydrogen-bond donors (Lipinski definition) is 1. The third kappa shape index (κ3) is 4.10. The first-order valence-corrected chi connectivity index (χ1v) is 10.0. The zero-order valence-corrected chi connectivity index (χ0v) is 16.8. The number of aromatic hydroxyl groups is 1. The second-order valence-electron chi connectivity index (χ2n) is 7.53. The van der Waals surface area contributed by atoms with E-state index >= 15 is 0 Å². The number of ether oxygens (including phenoxy) is 1. The van der Waals surface area contributed by atoms with E-state index in [0.717, 1.165) is 12.1 Å². The van der Waals surface area contributed by atoms with Crippen LogP contribution in [0.3, 0.4) is 0 Å². The highest BCUT2D eigenvalue weighted by Gasteiger charge is 2.27. The van der Waals surface area contributed by atoms with Crippen LogP contribution in [0.25, 0.3) is 22.2 Å². The van der Waals surface area contributed by atoms with Crippen molar-refractivity contribution in [3.05, 3.63) is 47.3 Å². The van der Waals surface area contributed by atoms with Crippen LogP contribution in [0.1, 0.15) is 25.3 Å². The maximum atomic E-state index is 13.7. The minimum atomic E-state index is -1.55. The zero-order valence-electron chi connectivity index (χ0n) is 16.8. The Hall–Kier alpha value is -3.07. The summed E-state index contributed by atoms with van der Waals surface area (Å²) in [5.74, 6) is -4.53. The van der Waals surface area contributed by atoms with Crippen LogP contribution in [-0.4, -0.2) is 40.8 Å². The van der Waals surface area contributed by atoms with Gasteiger partial charge in [-0.25, -0.2) is 13.2 Å². The molecule has 3 aromatic rings. The van der Waals surface area contributed by atoms with Crippen LogP contribution in [-0.2, 0) is 16.1 Å². The summed E-state index contributed by atoms with van der Waals surface area (Å²) in [6.07, 6.45) is 1.29. The van der Waals surface area contributed by atoms with Crippen LogP contribution in [0, 0.1) is 23.4 Å². The number of phenolic OH excluding ortho intramolecular Hbond substituents is 1. The van der Waals surface area contributed by atoms with Gasteiger partial charge in [0.15, 0.2) is 23.0 Å². The Morgan fingerprint density at radius 3 is 2.55 bits per heavy atom. The molecule has 1 fully saturated rings. The van der Waals surface area contributed by atoms with Crippen molar-refractivity contribution in [3.8, 4) is 17.0 Å². The quantitative estimate of drug-likeness (QED) is 0.474. The molecule has 0 unspecified atom stereocenters. The van der Waals surface area contributed by atoms with Gasteiger partial charge < -0.3 is 14.4 Å². The molecule has 9 heteroatoms. The summed E-state index contributed by atoms with van der Waals surface area (Å²) in [5, 5.41) is 14.7. The van der Waals surface area contributed by atoms with Gasteiger partial charge in [-0.1, -0.05) is 5.16 Å². The summed E-state index contributed by atoms with van der Waals surface area (Å²) in [5.41, 5.74) is 0.943. The largest absolute Gasteiger partial charge is 0.507 e. The van der Waals surface area contributed by atoms with Gasteiger partial charge in [0.1, 0.15) is 11.4 Å². The molecule has 0 radical (unpaired) electrons. The van der Waals surface area contributed by atoms with E-state index in [0.29, 0.717) is 50.0 Å². The maximum Gasteiger partial charge on any atom is 0.309 e. The topological polar surface area (TPSA) is 75.8 Å². The molecule has 2 aromatic carbocycles. The SMILES string of the molecule is CCOC(=O)C1CCN(Cc2c(O)ccc3c(-c4cc(F)c(F)c(F)c4)noc23)CC1. The summed E-state index contributed by atoms with van der Waals surface area (Å²) in [6, 6.07) is 4.69. The summed E-state index contributed by atoms with van der Waals surface area (Å²) >= 11 is 0. The van der Waals surface area contributed by atoms with E-state index in [4.69, 9.17) is 9.26 Å². The van der Waals surface area contributed by atoms with Gasteiger partial charge in [-0.05, 0) is 57.1 Å². The van der Waals surface area contributed by atoms with E-state index < -0.39 is 17.5 Å². The number of halogens is 3. The number of esters is 1. The molecule has 0 spiro atoms. The van der Waals surface area contributed by atoms with Gasteiger partial charge in [-0.15, -0.1) is 0 Å². The van der Waals surface area contributed by atoms with Crippen LogP contribution in [0.5, 0.6) is 5.75 Å². The first kappa shape index (κ1) is 21.2. The van der Waals surface area contributed by atoms with Crippen LogP contribution < -0.4 is 0 Å². The number of nitrogens with zero attached hydrogens (tertiary/aromatic N) is 2. The van der Waals surface area contributed by atoms with Crippen molar-refractivity contribution in [2.75, 3.05) is 19.7 Å². The van der Waals surface area contributed by atoms with Crippen molar-refractivity contribution < 1.29 is 32.3 Å². The normalized spacial score (nSPS) is 15.5. The number of carbonyl (C=O) groups excluding carboxylic acids is 1. The van der Waals surface area contributed by atoms with Gasteiger partial charge in [-0.2, -0.15) is 0 Å². The van der Waals surface area contributed by atoms with Gasteiger partial charge >= 0.3 is 5.97 Å². The fourth-order valence-corrected chi connectivity index (χ4v) is 3.91. The van der Waals surface area contributed by atoms with E-state index in [2.05, 4.69) is 10.1 Å². The number of aromatic nitrogens is 1. The maximum absolute atomic E-state index is 13.7. The molecule has 4 rings (SSSR count). The number of piperidine rings is 1. The molecule has 0 amide bonds. The van der Waals surface area contributed by atoms with E-state index in [1.807, 2.05) is 0 Å². The predicted molar refractivity (Wildman–Crippen MR) is 106 cm³/mol. The zero-order chi connectivity index (χ0) is 22.1. The van der Waals surface area contributed by atoms with Gasteiger partial charge in [0.2, 0.25) is 0 Å².